The first-order chi connectivity index (χ1) is 11.6. The number of hydrazone groups is 1. The third-order valence-electron chi connectivity index (χ3n) is 3.39. The molecule has 0 aliphatic rings. The fraction of sp³-hybridized carbons (Fsp3) is 0.278. The molecule has 0 unspecified atom stereocenters. The predicted octanol–water partition coefficient (Wildman–Crippen LogP) is 3.56. The second kappa shape index (κ2) is 8.67. The number of rotatable bonds is 7. The summed E-state index contributed by atoms with van der Waals surface area (Å²) in [7, 11) is 0. The molecule has 6 nitrogen and oxygen atoms in total. The lowest BCUT2D eigenvalue weighted by molar-refractivity contribution is -0.116. The standard InChI is InChI=1S/C18H21N3O3/c1-3-4-7-17(22)19-15-10-8-14(9-11-15)18(23)21-20-13(2)16-6-5-12-24-16/h5-6,8-12H,3-4,7H2,1-2H3,(H,19,22)(H,21,23). The van der Waals surface area contributed by atoms with Gasteiger partial charge in [0, 0.05) is 17.7 Å². The minimum Gasteiger partial charge on any atom is -0.463 e. The van der Waals surface area contributed by atoms with E-state index < -0.39 is 0 Å². The van der Waals surface area contributed by atoms with Crippen molar-refractivity contribution in [2.24, 2.45) is 5.10 Å². The van der Waals surface area contributed by atoms with Gasteiger partial charge in [-0.15, -0.1) is 0 Å². The molecule has 0 aliphatic heterocycles. The van der Waals surface area contributed by atoms with E-state index in [2.05, 4.69) is 15.8 Å². The van der Waals surface area contributed by atoms with Crippen LogP contribution in [0, 0.1) is 0 Å². The van der Waals surface area contributed by atoms with Gasteiger partial charge in [-0.05, 0) is 49.7 Å². The zero-order valence-corrected chi connectivity index (χ0v) is 13.8. The van der Waals surface area contributed by atoms with E-state index in [1.807, 2.05) is 6.92 Å². The summed E-state index contributed by atoms with van der Waals surface area (Å²) >= 11 is 0. The van der Waals surface area contributed by atoms with E-state index in [9.17, 15) is 9.59 Å². The van der Waals surface area contributed by atoms with E-state index in [0.29, 0.717) is 29.1 Å². The molecule has 2 rings (SSSR count). The van der Waals surface area contributed by atoms with Crippen molar-refractivity contribution >= 4 is 23.2 Å². The third kappa shape index (κ3) is 5.08. The molecule has 0 radical (unpaired) electrons. The molecule has 0 bridgehead atoms. The maximum atomic E-state index is 12.1. The Morgan fingerprint density at radius 1 is 1.17 bits per heavy atom. The van der Waals surface area contributed by atoms with Gasteiger partial charge >= 0.3 is 0 Å². The monoisotopic (exact) mass is 327 g/mol. The molecular weight excluding hydrogens is 306 g/mol. The number of nitrogens with one attached hydrogen (secondary N) is 2. The van der Waals surface area contributed by atoms with E-state index in [1.54, 1.807) is 49.6 Å². The SMILES string of the molecule is CCCCC(=O)Nc1ccc(C(=O)NN=C(C)c2ccco2)cc1. The highest BCUT2D eigenvalue weighted by atomic mass is 16.3. The van der Waals surface area contributed by atoms with Gasteiger partial charge in [0.05, 0.1) is 6.26 Å². The van der Waals surface area contributed by atoms with Gasteiger partial charge in [0.25, 0.3) is 5.91 Å². The summed E-state index contributed by atoms with van der Waals surface area (Å²) in [5, 5.41) is 6.80. The topological polar surface area (TPSA) is 83.7 Å². The van der Waals surface area contributed by atoms with Crippen molar-refractivity contribution in [2.45, 2.75) is 33.1 Å². The van der Waals surface area contributed by atoms with E-state index in [0.717, 1.165) is 12.8 Å². The lowest BCUT2D eigenvalue weighted by Crippen LogP contribution is -2.19. The van der Waals surface area contributed by atoms with Crippen molar-refractivity contribution in [3.63, 3.8) is 0 Å². The lowest BCUT2D eigenvalue weighted by Gasteiger charge is -2.06. The average Bonchev–Trinajstić information content (AvgIpc) is 3.13. The van der Waals surface area contributed by atoms with Gasteiger partial charge < -0.3 is 9.73 Å². The van der Waals surface area contributed by atoms with Crippen molar-refractivity contribution in [1.82, 2.24) is 5.43 Å². The van der Waals surface area contributed by atoms with Gasteiger partial charge in [-0.1, -0.05) is 13.3 Å². The number of unbranched alkanes of at least 4 members (excludes halogenated alkanes) is 1. The van der Waals surface area contributed by atoms with E-state index in [-0.39, 0.29) is 11.8 Å². The molecule has 1 heterocycles. The van der Waals surface area contributed by atoms with Gasteiger partial charge in [0.15, 0.2) is 0 Å². The number of anilines is 1. The number of carbonyl (C=O) groups is 2. The molecule has 2 N–H and O–H groups in total. The first-order valence-electron chi connectivity index (χ1n) is 7.88. The molecule has 1 aromatic carbocycles. The smallest absolute Gasteiger partial charge is 0.271 e. The Morgan fingerprint density at radius 3 is 2.54 bits per heavy atom. The molecule has 1 aromatic heterocycles. The van der Waals surface area contributed by atoms with E-state index in [4.69, 9.17) is 4.42 Å². The number of benzene rings is 1. The largest absolute Gasteiger partial charge is 0.463 e. The summed E-state index contributed by atoms with van der Waals surface area (Å²) in [5.74, 6) is 0.248. The second-order valence-electron chi connectivity index (χ2n) is 5.34. The molecule has 126 valence electrons. The summed E-state index contributed by atoms with van der Waals surface area (Å²) in [6.07, 6.45) is 3.88. The highest BCUT2D eigenvalue weighted by Crippen LogP contribution is 2.11. The normalized spacial score (nSPS) is 11.2. The summed E-state index contributed by atoms with van der Waals surface area (Å²) < 4.78 is 5.19. The Morgan fingerprint density at radius 2 is 1.92 bits per heavy atom. The van der Waals surface area contributed by atoms with Crippen molar-refractivity contribution in [2.75, 3.05) is 5.32 Å². The molecule has 0 saturated heterocycles. The van der Waals surface area contributed by atoms with Crippen LogP contribution in [0.1, 0.15) is 49.2 Å². The van der Waals surface area contributed by atoms with Crippen LogP contribution in [0.15, 0.2) is 52.2 Å². The van der Waals surface area contributed by atoms with Crippen molar-refractivity contribution in [3.8, 4) is 0 Å². The number of amides is 2. The van der Waals surface area contributed by atoms with Gasteiger partial charge in [-0.25, -0.2) is 5.43 Å². The Kier molecular flexibility index (Phi) is 6.31. The van der Waals surface area contributed by atoms with Crippen molar-refractivity contribution < 1.29 is 14.0 Å². The fourth-order valence-electron chi connectivity index (χ4n) is 2.00. The van der Waals surface area contributed by atoms with Gasteiger partial charge in [0.1, 0.15) is 11.5 Å². The second-order valence-corrected chi connectivity index (χ2v) is 5.34. The molecule has 24 heavy (non-hydrogen) atoms. The molecule has 0 atom stereocenters. The molecule has 2 amide bonds. The Bertz CT molecular complexity index is 704. The molecule has 0 fully saturated rings. The first-order valence-corrected chi connectivity index (χ1v) is 7.88. The van der Waals surface area contributed by atoms with Crippen LogP contribution >= 0.6 is 0 Å². The number of furan rings is 1. The zero-order chi connectivity index (χ0) is 17.4. The van der Waals surface area contributed by atoms with Gasteiger partial charge in [0.2, 0.25) is 5.91 Å². The van der Waals surface area contributed by atoms with Gasteiger partial charge in [-0.2, -0.15) is 5.10 Å². The van der Waals surface area contributed by atoms with Crippen LogP contribution in [-0.2, 0) is 4.79 Å². The van der Waals surface area contributed by atoms with Crippen molar-refractivity contribution in [3.05, 3.63) is 54.0 Å². The van der Waals surface area contributed by atoms with Gasteiger partial charge in [-0.3, -0.25) is 9.59 Å². The van der Waals surface area contributed by atoms with E-state index >= 15 is 0 Å². The first kappa shape index (κ1) is 17.5. The third-order valence-corrected chi connectivity index (χ3v) is 3.39. The fourth-order valence-corrected chi connectivity index (χ4v) is 2.00. The highest BCUT2D eigenvalue weighted by molar-refractivity contribution is 5.99. The van der Waals surface area contributed by atoms with Crippen LogP contribution in [0.2, 0.25) is 0 Å². The van der Waals surface area contributed by atoms with Crippen LogP contribution in [-0.4, -0.2) is 17.5 Å². The number of carbonyl (C=O) groups excluding carboxylic acids is 2. The Balaban J connectivity index is 1.91. The Hall–Kier alpha value is -2.89. The maximum absolute atomic E-state index is 12.1. The van der Waals surface area contributed by atoms with Crippen LogP contribution in [0.4, 0.5) is 5.69 Å². The minimum absolute atomic E-state index is 0.0206. The number of hydrogen-bond donors (Lipinski definition) is 2. The van der Waals surface area contributed by atoms with Crippen LogP contribution in [0.25, 0.3) is 0 Å². The molecule has 0 saturated carbocycles. The summed E-state index contributed by atoms with van der Waals surface area (Å²) in [4.78, 5) is 23.7. The molecular formula is C18H21N3O3. The lowest BCUT2D eigenvalue weighted by atomic mass is 10.2. The highest BCUT2D eigenvalue weighted by Gasteiger charge is 2.07. The van der Waals surface area contributed by atoms with Crippen molar-refractivity contribution in [1.29, 1.82) is 0 Å². The molecule has 2 aromatic rings. The number of hydrogen-bond acceptors (Lipinski definition) is 4. The summed E-state index contributed by atoms with van der Waals surface area (Å²) in [6, 6.07) is 10.2. The maximum Gasteiger partial charge on any atom is 0.271 e. The molecule has 0 aliphatic carbocycles. The minimum atomic E-state index is -0.329. The van der Waals surface area contributed by atoms with Crippen LogP contribution in [0.5, 0.6) is 0 Å². The summed E-state index contributed by atoms with van der Waals surface area (Å²) in [5.41, 5.74) is 4.18. The average molecular weight is 327 g/mol. The quantitative estimate of drug-likeness (QED) is 0.602. The van der Waals surface area contributed by atoms with Crippen LogP contribution in [0.3, 0.4) is 0 Å². The van der Waals surface area contributed by atoms with E-state index in [1.165, 1.54) is 0 Å². The number of nitrogens with zero attached hydrogens (tertiary/aromatic N) is 1. The molecule has 6 heteroatoms. The van der Waals surface area contributed by atoms with Crippen LogP contribution < -0.4 is 10.7 Å². The summed E-state index contributed by atoms with van der Waals surface area (Å²) in [6.45, 7) is 3.78. The predicted molar refractivity (Wildman–Crippen MR) is 93.0 cm³/mol. The Labute approximate surface area is 140 Å². The zero-order valence-electron chi connectivity index (χ0n) is 13.8. The molecule has 0 spiro atoms.